The van der Waals surface area contributed by atoms with E-state index in [9.17, 15) is 14.7 Å². The largest absolute Gasteiger partial charge is 0.480 e. The van der Waals surface area contributed by atoms with Gasteiger partial charge in [-0.05, 0) is 12.1 Å². The number of aliphatic hydroxyl groups is 1. The van der Waals surface area contributed by atoms with Gasteiger partial charge < -0.3 is 15.1 Å². The van der Waals surface area contributed by atoms with Crippen LogP contribution in [0.3, 0.4) is 0 Å². The molecule has 108 valence electrons. The average molecular weight is 287 g/mol. The lowest BCUT2D eigenvalue weighted by molar-refractivity contribution is -0.141. The van der Waals surface area contributed by atoms with Crippen molar-refractivity contribution in [3.8, 4) is 0 Å². The van der Waals surface area contributed by atoms with E-state index in [0.29, 0.717) is 11.0 Å². The first-order chi connectivity index (χ1) is 10.1. The highest BCUT2D eigenvalue weighted by molar-refractivity contribution is 5.96. The highest BCUT2D eigenvalue weighted by Gasteiger charge is 2.39. The Morgan fingerprint density at radius 1 is 1.24 bits per heavy atom. The van der Waals surface area contributed by atoms with E-state index < -0.39 is 24.0 Å². The molecule has 1 aliphatic rings. The van der Waals surface area contributed by atoms with Crippen LogP contribution in [-0.4, -0.2) is 55.6 Å². The maximum absolute atomic E-state index is 12.4. The summed E-state index contributed by atoms with van der Waals surface area (Å²) in [6.45, 7) is -0.00962. The fourth-order valence-electron chi connectivity index (χ4n) is 2.48. The number of hydrogen-bond acceptors (Lipinski definition) is 5. The molecule has 0 unspecified atom stereocenters. The van der Waals surface area contributed by atoms with Crippen LogP contribution < -0.4 is 0 Å². The van der Waals surface area contributed by atoms with E-state index in [-0.39, 0.29) is 18.7 Å². The summed E-state index contributed by atoms with van der Waals surface area (Å²) in [6, 6.07) is 6.07. The molecule has 1 fully saturated rings. The summed E-state index contributed by atoms with van der Waals surface area (Å²) in [4.78, 5) is 33.0. The van der Waals surface area contributed by atoms with E-state index in [4.69, 9.17) is 5.11 Å². The molecule has 0 spiro atoms. The van der Waals surface area contributed by atoms with Crippen molar-refractivity contribution in [1.29, 1.82) is 0 Å². The number of likely N-dealkylation sites (tertiary alicyclic amines) is 1. The highest BCUT2D eigenvalue weighted by atomic mass is 16.4. The average Bonchev–Trinajstić information content (AvgIpc) is 2.88. The number of aromatic nitrogens is 2. The van der Waals surface area contributed by atoms with Gasteiger partial charge in [0.05, 0.1) is 23.3 Å². The predicted octanol–water partition coefficient (Wildman–Crippen LogP) is 0.290. The van der Waals surface area contributed by atoms with Gasteiger partial charge >= 0.3 is 5.97 Å². The van der Waals surface area contributed by atoms with Gasteiger partial charge in [-0.3, -0.25) is 9.78 Å². The minimum absolute atomic E-state index is 0.00962. The van der Waals surface area contributed by atoms with E-state index in [2.05, 4.69) is 9.97 Å². The van der Waals surface area contributed by atoms with Gasteiger partial charge in [0.25, 0.3) is 5.91 Å². The highest BCUT2D eigenvalue weighted by Crippen LogP contribution is 2.21. The zero-order valence-corrected chi connectivity index (χ0v) is 11.0. The topological polar surface area (TPSA) is 104 Å². The number of nitrogens with zero attached hydrogens (tertiary/aromatic N) is 3. The molecular formula is C14H13N3O4. The van der Waals surface area contributed by atoms with Gasteiger partial charge in [0.1, 0.15) is 11.7 Å². The SMILES string of the molecule is O=C(O)[C@@H]1C[C@@H](O)CN1C(=O)c1cnc2ccccc2n1. The number of rotatable bonds is 2. The Bertz CT molecular complexity index is 718. The lowest BCUT2D eigenvalue weighted by Crippen LogP contribution is -2.41. The van der Waals surface area contributed by atoms with Crippen LogP contribution in [0.1, 0.15) is 16.9 Å². The predicted molar refractivity (Wildman–Crippen MR) is 72.6 cm³/mol. The van der Waals surface area contributed by atoms with E-state index in [1.54, 1.807) is 18.2 Å². The van der Waals surface area contributed by atoms with E-state index in [0.717, 1.165) is 4.90 Å². The fourth-order valence-corrected chi connectivity index (χ4v) is 2.48. The minimum Gasteiger partial charge on any atom is -0.480 e. The molecule has 1 aromatic heterocycles. The van der Waals surface area contributed by atoms with E-state index >= 15 is 0 Å². The molecule has 7 nitrogen and oxygen atoms in total. The lowest BCUT2D eigenvalue weighted by atomic mass is 10.2. The number of para-hydroxylation sites is 2. The molecule has 3 rings (SSSR count). The smallest absolute Gasteiger partial charge is 0.326 e. The normalized spacial score (nSPS) is 21.7. The van der Waals surface area contributed by atoms with Gasteiger partial charge in [0.2, 0.25) is 0 Å². The zero-order valence-electron chi connectivity index (χ0n) is 11.0. The molecule has 1 aromatic carbocycles. The number of fused-ring (bicyclic) bond motifs is 1. The Morgan fingerprint density at radius 2 is 1.95 bits per heavy atom. The third-order valence-corrected chi connectivity index (χ3v) is 3.49. The summed E-state index contributed by atoms with van der Waals surface area (Å²) in [5, 5.41) is 18.7. The van der Waals surface area contributed by atoms with Crippen LogP contribution in [0.2, 0.25) is 0 Å². The Labute approximate surface area is 119 Å². The maximum Gasteiger partial charge on any atom is 0.326 e. The number of benzene rings is 1. The number of aliphatic hydroxyl groups excluding tert-OH is 1. The summed E-state index contributed by atoms with van der Waals surface area (Å²) < 4.78 is 0. The number of hydrogen-bond donors (Lipinski definition) is 2. The first kappa shape index (κ1) is 13.4. The molecule has 1 saturated heterocycles. The first-order valence-corrected chi connectivity index (χ1v) is 6.50. The monoisotopic (exact) mass is 287 g/mol. The molecule has 0 saturated carbocycles. The molecule has 1 aliphatic heterocycles. The standard InChI is InChI=1S/C14H13N3O4/c18-8-5-12(14(20)21)17(7-8)13(19)11-6-15-9-3-1-2-4-10(9)16-11/h1-4,6,8,12,18H,5,7H2,(H,20,21)/t8-,12+/m1/s1. The van der Waals surface area contributed by atoms with Crippen LogP contribution in [-0.2, 0) is 4.79 Å². The second kappa shape index (κ2) is 5.10. The second-order valence-electron chi connectivity index (χ2n) is 4.95. The van der Waals surface area contributed by atoms with Crippen LogP contribution in [0.5, 0.6) is 0 Å². The van der Waals surface area contributed by atoms with Crippen LogP contribution in [0.25, 0.3) is 11.0 Å². The number of carbonyl (C=O) groups excluding carboxylic acids is 1. The van der Waals surface area contributed by atoms with Crippen molar-refractivity contribution in [2.45, 2.75) is 18.6 Å². The molecule has 2 atom stereocenters. The lowest BCUT2D eigenvalue weighted by Gasteiger charge is -2.20. The van der Waals surface area contributed by atoms with E-state index in [1.807, 2.05) is 6.07 Å². The molecule has 7 heteroatoms. The Balaban J connectivity index is 1.94. The zero-order chi connectivity index (χ0) is 15.0. The molecule has 0 bridgehead atoms. The Hall–Kier alpha value is -2.54. The van der Waals surface area contributed by atoms with Crippen LogP contribution in [0.4, 0.5) is 0 Å². The molecule has 0 radical (unpaired) electrons. The van der Waals surface area contributed by atoms with Gasteiger partial charge in [-0.25, -0.2) is 9.78 Å². The van der Waals surface area contributed by atoms with Gasteiger partial charge in [-0.2, -0.15) is 0 Å². The number of amides is 1. The summed E-state index contributed by atoms with van der Waals surface area (Å²) in [5.41, 5.74) is 1.30. The van der Waals surface area contributed by atoms with Crippen molar-refractivity contribution in [2.24, 2.45) is 0 Å². The van der Waals surface area contributed by atoms with Crippen LogP contribution in [0, 0.1) is 0 Å². The molecule has 2 heterocycles. The number of carbonyl (C=O) groups is 2. The van der Waals surface area contributed by atoms with Crippen molar-refractivity contribution in [3.05, 3.63) is 36.2 Å². The van der Waals surface area contributed by atoms with Crippen LogP contribution in [0.15, 0.2) is 30.5 Å². The van der Waals surface area contributed by atoms with Crippen LogP contribution >= 0.6 is 0 Å². The molecule has 21 heavy (non-hydrogen) atoms. The third-order valence-electron chi connectivity index (χ3n) is 3.49. The van der Waals surface area contributed by atoms with Crippen molar-refractivity contribution in [1.82, 2.24) is 14.9 Å². The summed E-state index contributed by atoms with van der Waals surface area (Å²) in [6.07, 6.45) is 0.527. The number of carboxylic acid groups (broad SMARTS) is 1. The molecule has 0 aliphatic carbocycles. The van der Waals surface area contributed by atoms with Gasteiger partial charge in [-0.1, -0.05) is 12.1 Å². The summed E-state index contributed by atoms with van der Waals surface area (Å²) in [7, 11) is 0. The van der Waals surface area contributed by atoms with Gasteiger partial charge in [-0.15, -0.1) is 0 Å². The summed E-state index contributed by atoms with van der Waals surface area (Å²) >= 11 is 0. The first-order valence-electron chi connectivity index (χ1n) is 6.50. The minimum atomic E-state index is -1.13. The number of aliphatic carboxylic acids is 1. The number of carboxylic acids is 1. The molecule has 1 amide bonds. The molecule has 2 aromatic rings. The van der Waals surface area contributed by atoms with Crippen molar-refractivity contribution < 1.29 is 19.8 Å². The third kappa shape index (κ3) is 2.43. The molecule has 2 N–H and O–H groups in total. The second-order valence-corrected chi connectivity index (χ2v) is 4.95. The molecular weight excluding hydrogens is 274 g/mol. The van der Waals surface area contributed by atoms with Crippen molar-refractivity contribution >= 4 is 22.9 Å². The maximum atomic E-state index is 12.4. The van der Waals surface area contributed by atoms with Crippen molar-refractivity contribution in [3.63, 3.8) is 0 Å². The van der Waals surface area contributed by atoms with Crippen molar-refractivity contribution in [2.75, 3.05) is 6.54 Å². The Morgan fingerprint density at radius 3 is 2.67 bits per heavy atom. The summed E-state index contributed by atoms with van der Waals surface area (Å²) in [5.74, 6) is -1.66. The quantitative estimate of drug-likeness (QED) is 0.822. The fraction of sp³-hybridized carbons (Fsp3) is 0.286. The Kier molecular flexibility index (Phi) is 3.26. The van der Waals surface area contributed by atoms with Gasteiger partial charge in [0, 0.05) is 13.0 Å². The van der Waals surface area contributed by atoms with Gasteiger partial charge in [0.15, 0.2) is 0 Å². The van der Waals surface area contributed by atoms with E-state index in [1.165, 1.54) is 6.20 Å². The number of β-amino-alcohol motifs (C(OH)–C–C–N with tert-alkyl or cyclic N) is 1.